The lowest BCUT2D eigenvalue weighted by Crippen LogP contribution is -2.50. The zero-order valence-corrected chi connectivity index (χ0v) is 14.4. The average molecular weight is 363 g/mol. The number of hydrogen-bond donors (Lipinski definition) is 1. The van der Waals surface area contributed by atoms with Crippen LogP contribution in [0.4, 0.5) is 0 Å². The number of benzene rings is 1. The van der Waals surface area contributed by atoms with Crippen molar-refractivity contribution in [3.8, 4) is 11.4 Å². The number of H-pyrrole nitrogens is 1. The number of amides is 1. The molecule has 1 N–H and O–H groups in total. The quantitative estimate of drug-likeness (QED) is 0.789. The third-order valence-electron chi connectivity index (χ3n) is 3.88. The average Bonchev–Trinajstić information content (AvgIpc) is 2.61. The lowest BCUT2D eigenvalue weighted by Gasteiger charge is -2.32. The minimum Gasteiger partial charge on any atom is -0.333 e. The number of nitrogens with one attached hydrogen (secondary N) is 1. The highest BCUT2D eigenvalue weighted by molar-refractivity contribution is 7.88. The Hall–Kier alpha value is -2.59. The summed E-state index contributed by atoms with van der Waals surface area (Å²) in [7, 11) is -3.28. The molecule has 0 radical (unpaired) electrons. The number of sulfonamides is 1. The van der Waals surface area contributed by atoms with Crippen LogP contribution in [0.2, 0.25) is 0 Å². The summed E-state index contributed by atoms with van der Waals surface area (Å²) in [6.07, 6.45) is 1.14. The number of carbonyl (C=O) groups is 1. The van der Waals surface area contributed by atoms with Gasteiger partial charge in [0.05, 0.1) is 6.26 Å². The summed E-state index contributed by atoms with van der Waals surface area (Å²) in [6, 6.07) is 8.88. The van der Waals surface area contributed by atoms with E-state index in [2.05, 4.69) is 15.0 Å². The first-order valence-corrected chi connectivity index (χ1v) is 9.47. The molecule has 1 fully saturated rings. The van der Waals surface area contributed by atoms with E-state index in [4.69, 9.17) is 0 Å². The van der Waals surface area contributed by atoms with Crippen molar-refractivity contribution in [3.63, 3.8) is 0 Å². The minimum atomic E-state index is -3.28. The van der Waals surface area contributed by atoms with Gasteiger partial charge in [-0.2, -0.15) is 9.29 Å². The fourth-order valence-electron chi connectivity index (χ4n) is 2.57. The van der Waals surface area contributed by atoms with Crippen molar-refractivity contribution in [2.75, 3.05) is 32.4 Å². The van der Waals surface area contributed by atoms with Crippen molar-refractivity contribution in [2.45, 2.75) is 0 Å². The maximum Gasteiger partial charge on any atom is 0.348 e. The van der Waals surface area contributed by atoms with Crippen LogP contribution in [0.15, 0.2) is 35.1 Å². The number of piperazine rings is 1. The number of hydrogen-bond acceptors (Lipinski definition) is 6. The van der Waals surface area contributed by atoms with E-state index in [1.807, 2.05) is 6.07 Å². The number of aromatic nitrogens is 3. The van der Waals surface area contributed by atoms with Gasteiger partial charge in [-0.25, -0.2) is 18.2 Å². The summed E-state index contributed by atoms with van der Waals surface area (Å²) in [4.78, 5) is 36.2. The molecule has 0 unspecified atom stereocenters. The van der Waals surface area contributed by atoms with Gasteiger partial charge >= 0.3 is 5.69 Å². The maximum absolute atomic E-state index is 12.6. The van der Waals surface area contributed by atoms with Crippen LogP contribution in [0.3, 0.4) is 0 Å². The van der Waals surface area contributed by atoms with E-state index >= 15 is 0 Å². The number of carbonyl (C=O) groups excluding carboxylic acids is 1. The molecule has 10 heteroatoms. The monoisotopic (exact) mass is 363 g/mol. The number of nitrogens with zero attached hydrogens (tertiary/aromatic N) is 4. The predicted octanol–water partition coefficient (Wildman–Crippen LogP) is -0.451. The van der Waals surface area contributed by atoms with Crippen LogP contribution in [-0.4, -0.2) is 70.9 Å². The minimum absolute atomic E-state index is 0.105. The summed E-state index contributed by atoms with van der Waals surface area (Å²) in [5.41, 5.74) is -0.0310. The summed E-state index contributed by atoms with van der Waals surface area (Å²) in [5.74, 6) is -0.390. The Kier molecular flexibility index (Phi) is 4.64. The second-order valence-corrected chi connectivity index (χ2v) is 7.63. The lowest BCUT2D eigenvalue weighted by atomic mass is 10.2. The third-order valence-corrected chi connectivity index (χ3v) is 5.18. The van der Waals surface area contributed by atoms with E-state index < -0.39 is 21.6 Å². The molecule has 0 spiro atoms. The topological polar surface area (TPSA) is 116 Å². The molecule has 9 nitrogen and oxygen atoms in total. The zero-order chi connectivity index (χ0) is 18.0. The SMILES string of the molecule is CS(=O)(=O)N1CCN(C(=O)c2nc(-c3ccccc3)nc(=O)[nH]2)CC1. The Morgan fingerprint density at radius 1 is 1.08 bits per heavy atom. The Labute approximate surface area is 144 Å². The normalized spacial score (nSPS) is 16.0. The van der Waals surface area contributed by atoms with E-state index in [0.717, 1.165) is 6.26 Å². The maximum atomic E-state index is 12.6. The Balaban J connectivity index is 1.82. The molecule has 2 aromatic rings. The molecule has 0 saturated carbocycles. The summed E-state index contributed by atoms with van der Waals surface area (Å²) >= 11 is 0. The van der Waals surface area contributed by atoms with Crippen molar-refractivity contribution in [1.82, 2.24) is 24.2 Å². The molecule has 1 aromatic heterocycles. The van der Waals surface area contributed by atoms with Crippen LogP contribution >= 0.6 is 0 Å². The van der Waals surface area contributed by atoms with Crippen molar-refractivity contribution < 1.29 is 13.2 Å². The zero-order valence-electron chi connectivity index (χ0n) is 13.5. The lowest BCUT2D eigenvalue weighted by molar-refractivity contribution is 0.0685. The molecular formula is C15H17N5O4S. The Morgan fingerprint density at radius 2 is 1.72 bits per heavy atom. The Morgan fingerprint density at radius 3 is 2.32 bits per heavy atom. The first kappa shape index (κ1) is 17.2. The molecule has 132 valence electrons. The molecule has 2 heterocycles. The van der Waals surface area contributed by atoms with Gasteiger partial charge in [0.1, 0.15) is 0 Å². The second-order valence-electron chi connectivity index (χ2n) is 5.65. The van der Waals surface area contributed by atoms with Crippen LogP contribution in [0.5, 0.6) is 0 Å². The van der Waals surface area contributed by atoms with Gasteiger partial charge in [-0.1, -0.05) is 30.3 Å². The molecule has 0 aliphatic carbocycles. The second kappa shape index (κ2) is 6.73. The van der Waals surface area contributed by atoms with E-state index in [9.17, 15) is 18.0 Å². The van der Waals surface area contributed by atoms with Crippen molar-refractivity contribution >= 4 is 15.9 Å². The standard InChI is InChI=1S/C15H17N5O4S/c1-25(23,24)20-9-7-19(8-10-20)14(21)13-16-12(17-15(22)18-13)11-5-3-2-4-6-11/h2-6H,7-10H2,1H3,(H,16,17,18,22). The first-order valence-electron chi connectivity index (χ1n) is 7.63. The van der Waals surface area contributed by atoms with Crippen LogP contribution in [0.25, 0.3) is 11.4 Å². The number of aromatic amines is 1. The van der Waals surface area contributed by atoms with Gasteiger partial charge in [-0.15, -0.1) is 0 Å². The van der Waals surface area contributed by atoms with Crippen molar-refractivity contribution in [3.05, 3.63) is 46.6 Å². The van der Waals surface area contributed by atoms with Gasteiger partial charge in [0.25, 0.3) is 5.91 Å². The molecule has 3 rings (SSSR count). The van der Waals surface area contributed by atoms with E-state index in [-0.39, 0.29) is 37.8 Å². The van der Waals surface area contributed by atoms with Gasteiger partial charge < -0.3 is 4.90 Å². The smallest absolute Gasteiger partial charge is 0.333 e. The molecule has 25 heavy (non-hydrogen) atoms. The summed E-state index contributed by atoms with van der Waals surface area (Å²) < 4.78 is 24.4. The summed E-state index contributed by atoms with van der Waals surface area (Å²) in [5, 5.41) is 0. The molecule has 1 amide bonds. The largest absolute Gasteiger partial charge is 0.348 e. The van der Waals surface area contributed by atoms with Gasteiger partial charge in [0.2, 0.25) is 15.8 Å². The van der Waals surface area contributed by atoms with E-state index in [0.29, 0.717) is 5.56 Å². The molecule has 1 aliphatic rings. The Bertz CT molecular complexity index is 934. The van der Waals surface area contributed by atoms with E-state index in [1.54, 1.807) is 24.3 Å². The highest BCUT2D eigenvalue weighted by Gasteiger charge is 2.28. The molecular weight excluding hydrogens is 346 g/mol. The van der Waals surface area contributed by atoms with Gasteiger partial charge in [0.15, 0.2) is 5.82 Å². The van der Waals surface area contributed by atoms with Gasteiger partial charge in [-0.05, 0) is 0 Å². The third kappa shape index (κ3) is 3.91. The fraction of sp³-hybridized carbons (Fsp3) is 0.333. The van der Waals surface area contributed by atoms with Gasteiger partial charge in [-0.3, -0.25) is 9.78 Å². The van der Waals surface area contributed by atoms with Crippen molar-refractivity contribution in [1.29, 1.82) is 0 Å². The predicted molar refractivity (Wildman–Crippen MR) is 90.4 cm³/mol. The van der Waals surface area contributed by atoms with Gasteiger partial charge in [0, 0.05) is 31.7 Å². The highest BCUT2D eigenvalue weighted by atomic mass is 32.2. The van der Waals surface area contributed by atoms with Crippen LogP contribution in [0, 0.1) is 0 Å². The number of rotatable bonds is 3. The van der Waals surface area contributed by atoms with Crippen LogP contribution in [0.1, 0.15) is 10.6 Å². The first-order chi connectivity index (χ1) is 11.8. The molecule has 0 atom stereocenters. The van der Waals surface area contributed by atoms with Crippen LogP contribution in [-0.2, 0) is 10.0 Å². The molecule has 1 saturated heterocycles. The molecule has 0 bridgehead atoms. The van der Waals surface area contributed by atoms with Crippen LogP contribution < -0.4 is 5.69 Å². The van der Waals surface area contributed by atoms with Crippen molar-refractivity contribution in [2.24, 2.45) is 0 Å². The highest BCUT2D eigenvalue weighted by Crippen LogP contribution is 2.13. The van der Waals surface area contributed by atoms with E-state index in [1.165, 1.54) is 9.21 Å². The molecule has 1 aliphatic heterocycles. The fourth-order valence-corrected chi connectivity index (χ4v) is 3.40. The molecule has 1 aromatic carbocycles. The summed E-state index contributed by atoms with van der Waals surface area (Å²) in [6.45, 7) is 0.897.